The van der Waals surface area contributed by atoms with Crippen molar-refractivity contribution in [3.8, 4) is 5.75 Å². The van der Waals surface area contributed by atoms with Gasteiger partial charge in [0.25, 0.3) is 15.9 Å². The number of hydrogen-bond acceptors (Lipinski definition) is 4. The van der Waals surface area contributed by atoms with Crippen molar-refractivity contribution in [1.29, 1.82) is 0 Å². The minimum absolute atomic E-state index is 0.0235. The van der Waals surface area contributed by atoms with Crippen molar-refractivity contribution >= 4 is 33.2 Å². The highest BCUT2D eigenvalue weighted by Gasteiger charge is 2.21. The lowest BCUT2D eigenvalue weighted by Gasteiger charge is -2.23. The molecule has 3 rings (SSSR count). The van der Waals surface area contributed by atoms with E-state index in [4.69, 9.17) is 16.3 Å². The van der Waals surface area contributed by atoms with E-state index < -0.39 is 10.0 Å². The summed E-state index contributed by atoms with van der Waals surface area (Å²) in [5.41, 5.74) is 0.559. The zero-order valence-corrected chi connectivity index (χ0v) is 17.9. The lowest BCUT2D eigenvalue weighted by molar-refractivity contribution is 0.0927. The molecule has 2 aromatic rings. The Balaban J connectivity index is 1.76. The van der Waals surface area contributed by atoms with E-state index in [1.54, 1.807) is 24.3 Å². The number of hydrogen-bond donors (Lipinski definition) is 2. The Morgan fingerprint density at radius 2 is 1.79 bits per heavy atom. The number of nitrogens with one attached hydrogen (secondary N) is 2. The van der Waals surface area contributed by atoms with E-state index in [2.05, 4.69) is 10.0 Å². The smallest absolute Gasteiger partial charge is 0.261 e. The Hall–Kier alpha value is -2.25. The van der Waals surface area contributed by atoms with Crippen molar-refractivity contribution < 1.29 is 17.9 Å². The van der Waals surface area contributed by atoms with Crippen LogP contribution in [0.3, 0.4) is 0 Å². The van der Waals surface area contributed by atoms with E-state index in [1.165, 1.54) is 24.6 Å². The van der Waals surface area contributed by atoms with Crippen LogP contribution in [0, 0.1) is 0 Å². The highest BCUT2D eigenvalue weighted by atomic mass is 35.5. The SMILES string of the molecule is CCOc1ccc(NS(=O)(=O)c2ccc(Cl)c(C(=O)NC3CCCCC3)c2)cc1. The fourth-order valence-electron chi connectivity index (χ4n) is 3.36. The number of halogens is 1. The van der Waals surface area contributed by atoms with Crippen molar-refractivity contribution in [3.63, 3.8) is 0 Å². The maximum atomic E-state index is 12.8. The van der Waals surface area contributed by atoms with E-state index in [0.29, 0.717) is 18.0 Å². The van der Waals surface area contributed by atoms with E-state index in [0.717, 1.165) is 25.7 Å². The minimum atomic E-state index is -3.87. The van der Waals surface area contributed by atoms with Gasteiger partial charge >= 0.3 is 0 Å². The van der Waals surface area contributed by atoms with Gasteiger partial charge in [-0.05, 0) is 62.2 Å². The van der Waals surface area contributed by atoms with Crippen LogP contribution < -0.4 is 14.8 Å². The summed E-state index contributed by atoms with van der Waals surface area (Å²) in [5, 5.41) is 3.19. The molecule has 0 saturated heterocycles. The molecule has 0 unspecified atom stereocenters. The number of carbonyl (C=O) groups is 1. The average molecular weight is 437 g/mol. The van der Waals surface area contributed by atoms with Crippen LogP contribution in [0.4, 0.5) is 5.69 Å². The molecule has 1 saturated carbocycles. The summed E-state index contributed by atoms with van der Waals surface area (Å²) in [5.74, 6) is 0.309. The third kappa shape index (κ3) is 5.64. The maximum Gasteiger partial charge on any atom is 0.261 e. The Bertz CT molecular complexity index is 955. The predicted molar refractivity (Wildman–Crippen MR) is 114 cm³/mol. The molecule has 0 bridgehead atoms. The second kappa shape index (κ2) is 9.50. The van der Waals surface area contributed by atoms with Gasteiger partial charge in [0, 0.05) is 11.7 Å². The first-order chi connectivity index (χ1) is 13.9. The van der Waals surface area contributed by atoms with Crippen molar-refractivity contribution in [1.82, 2.24) is 5.32 Å². The summed E-state index contributed by atoms with van der Waals surface area (Å²) in [7, 11) is -3.87. The zero-order valence-electron chi connectivity index (χ0n) is 16.3. The minimum Gasteiger partial charge on any atom is -0.494 e. The molecular weight excluding hydrogens is 412 g/mol. The van der Waals surface area contributed by atoms with Crippen molar-refractivity contribution in [3.05, 3.63) is 53.1 Å². The van der Waals surface area contributed by atoms with Crippen LogP contribution in [-0.2, 0) is 10.0 Å². The summed E-state index contributed by atoms with van der Waals surface area (Å²) in [4.78, 5) is 12.6. The second-order valence-electron chi connectivity index (χ2n) is 7.01. The third-order valence-corrected chi connectivity index (χ3v) is 6.56. The molecule has 0 heterocycles. The van der Waals surface area contributed by atoms with Gasteiger partial charge in [0.2, 0.25) is 0 Å². The first-order valence-electron chi connectivity index (χ1n) is 9.75. The number of anilines is 1. The maximum absolute atomic E-state index is 12.8. The van der Waals surface area contributed by atoms with E-state index in [1.807, 2.05) is 6.92 Å². The monoisotopic (exact) mass is 436 g/mol. The number of ether oxygens (including phenoxy) is 1. The van der Waals surface area contributed by atoms with Crippen LogP contribution in [0.25, 0.3) is 0 Å². The zero-order chi connectivity index (χ0) is 20.9. The van der Waals surface area contributed by atoms with E-state index in [-0.39, 0.29) is 27.4 Å². The highest BCUT2D eigenvalue weighted by molar-refractivity contribution is 7.92. The van der Waals surface area contributed by atoms with Gasteiger partial charge < -0.3 is 10.1 Å². The van der Waals surface area contributed by atoms with Gasteiger partial charge in [0.15, 0.2) is 0 Å². The van der Waals surface area contributed by atoms with Gasteiger partial charge in [-0.3, -0.25) is 9.52 Å². The van der Waals surface area contributed by atoms with Crippen molar-refractivity contribution in [2.75, 3.05) is 11.3 Å². The molecule has 1 aliphatic rings. The normalized spacial score (nSPS) is 15.0. The molecule has 1 fully saturated rings. The molecule has 0 radical (unpaired) electrons. The fraction of sp³-hybridized carbons (Fsp3) is 0.381. The Kier molecular flexibility index (Phi) is 7.03. The molecule has 1 aliphatic carbocycles. The van der Waals surface area contributed by atoms with Gasteiger partial charge in [-0.25, -0.2) is 8.42 Å². The lowest BCUT2D eigenvalue weighted by atomic mass is 9.95. The molecule has 8 heteroatoms. The van der Waals surface area contributed by atoms with Crippen LogP contribution in [0.1, 0.15) is 49.4 Å². The molecule has 156 valence electrons. The molecule has 1 amide bonds. The highest BCUT2D eigenvalue weighted by Crippen LogP contribution is 2.25. The topological polar surface area (TPSA) is 84.5 Å². The molecular formula is C21H25ClN2O4S. The summed E-state index contributed by atoms with van der Waals surface area (Å²) >= 11 is 6.18. The summed E-state index contributed by atoms with van der Waals surface area (Å²) in [6.45, 7) is 2.40. The first-order valence-corrected chi connectivity index (χ1v) is 11.6. The summed E-state index contributed by atoms with van der Waals surface area (Å²) in [6.07, 6.45) is 5.21. The third-order valence-electron chi connectivity index (χ3n) is 4.85. The number of rotatable bonds is 7. The molecule has 0 spiro atoms. The largest absolute Gasteiger partial charge is 0.494 e. The van der Waals surface area contributed by atoms with Gasteiger partial charge in [-0.15, -0.1) is 0 Å². The van der Waals surface area contributed by atoms with Gasteiger partial charge in [0.05, 0.1) is 22.1 Å². The molecule has 0 aliphatic heterocycles. The molecule has 0 atom stereocenters. The van der Waals surface area contributed by atoms with Crippen LogP contribution in [-0.4, -0.2) is 27.0 Å². The van der Waals surface area contributed by atoms with Crippen LogP contribution in [0.2, 0.25) is 5.02 Å². The second-order valence-corrected chi connectivity index (χ2v) is 9.10. The van der Waals surface area contributed by atoms with Gasteiger partial charge in [-0.1, -0.05) is 30.9 Å². The Morgan fingerprint density at radius 3 is 2.45 bits per heavy atom. The summed E-state index contributed by atoms with van der Waals surface area (Å²) < 4.78 is 33.4. The molecule has 6 nitrogen and oxygen atoms in total. The van der Waals surface area contributed by atoms with Crippen molar-refractivity contribution in [2.24, 2.45) is 0 Å². The molecule has 2 N–H and O–H groups in total. The fourth-order valence-corrected chi connectivity index (χ4v) is 4.64. The molecule has 2 aromatic carbocycles. The summed E-state index contributed by atoms with van der Waals surface area (Å²) in [6, 6.07) is 10.9. The number of benzene rings is 2. The predicted octanol–water partition coefficient (Wildman–Crippen LogP) is 4.60. The standard InChI is InChI=1S/C21H25ClN2O4S/c1-2-28-17-10-8-16(9-11-17)24-29(26,27)18-12-13-20(22)19(14-18)21(25)23-15-6-4-3-5-7-15/h8-15,24H,2-7H2,1H3,(H,23,25). The number of amides is 1. The first kappa shape index (κ1) is 21.5. The number of sulfonamides is 1. The van der Waals surface area contributed by atoms with Crippen molar-refractivity contribution in [2.45, 2.75) is 50.0 Å². The number of carbonyl (C=O) groups excluding carboxylic acids is 1. The molecule has 29 heavy (non-hydrogen) atoms. The Labute approximate surface area is 176 Å². The van der Waals surface area contributed by atoms with Gasteiger partial charge in [0.1, 0.15) is 5.75 Å². The van der Waals surface area contributed by atoms with E-state index in [9.17, 15) is 13.2 Å². The Morgan fingerprint density at radius 1 is 1.10 bits per heavy atom. The van der Waals surface area contributed by atoms with Gasteiger partial charge in [-0.2, -0.15) is 0 Å². The van der Waals surface area contributed by atoms with Crippen LogP contribution in [0.5, 0.6) is 5.75 Å². The lowest BCUT2D eigenvalue weighted by Crippen LogP contribution is -2.36. The van der Waals surface area contributed by atoms with Crippen LogP contribution >= 0.6 is 11.6 Å². The quantitative estimate of drug-likeness (QED) is 0.664. The van der Waals surface area contributed by atoms with E-state index >= 15 is 0 Å². The van der Waals surface area contributed by atoms with Crippen LogP contribution in [0.15, 0.2) is 47.4 Å². The average Bonchev–Trinajstić information content (AvgIpc) is 2.70. The molecule has 0 aromatic heterocycles.